The lowest BCUT2D eigenvalue weighted by Gasteiger charge is -2.37. The van der Waals surface area contributed by atoms with E-state index in [2.05, 4.69) is 25.6 Å². The number of hydroxylamine groups is 1. The second-order valence-corrected chi connectivity index (χ2v) is 9.49. The molecule has 2 aromatic rings. The molecule has 2 unspecified atom stereocenters. The number of ether oxygens (including phenoxy) is 1. The van der Waals surface area contributed by atoms with Gasteiger partial charge in [0.05, 0.1) is 29.3 Å². The number of alkyl halides is 3. The monoisotopic (exact) mass is 619 g/mol. The van der Waals surface area contributed by atoms with E-state index in [1.165, 1.54) is 14.2 Å². The molecule has 0 radical (unpaired) electrons. The number of methoxy groups -OCH3 is 1. The third-order valence-electron chi connectivity index (χ3n) is 5.19. The van der Waals surface area contributed by atoms with E-state index >= 15 is 0 Å². The van der Waals surface area contributed by atoms with Crippen LogP contribution in [0.1, 0.15) is 42.8 Å². The summed E-state index contributed by atoms with van der Waals surface area (Å²) in [6, 6.07) is -0.336. The number of aryl methyl sites for hydroxylation is 1. The molecule has 2 amide bonds. The SMILES string of the molecule is CONC(=O)c1nc(N2CCC(NC(=O)c3[nH]c(C)c(Cl)c3Cl)C(OC)C2)sc1C(=O)O.O=C(O)C(F)(F)F. The number of anilines is 1. The molecular formula is C20H22Cl2F3N5O8S. The van der Waals surface area contributed by atoms with Crippen LogP contribution in [0.5, 0.6) is 0 Å². The van der Waals surface area contributed by atoms with Crippen molar-refractivity contribution in [1.29, 1.82) is 0 Å². The van der Waals surface area contributed by atoms with Gasteiger partial charge in [-0.05, 0) is 13.3 Å². The number of carboxylic acid groups (broad SMARTS) is 2. The molecule has 1 fully saturated rings. The van der Waals surface area contributed by atoms with Crippen molar-refractivity contribution in [3.63, 3.8) is 0 Å². The quantitative estimate of drug-likeness (QED) is 0.289. The molecule has 2 aromatic heterocycles. The van der Waals surface area contributed by atoms with Crippen molar-refractivity contribution in [2.45, 2.75) is 31.7 Å². The number of thiazole rings is 1. The van der Waals surface area contributed by atoms with Gasteiger partial charge in [-0.2, -0.15) is 13.2 Å². The summed E-state index contributed by atoms with van der Waals surface area (Å²) in [7, 11) is 2.75. The van der Waals surface area contributed by atoms with Crippen LogP contribution in [0.2, 0.25) is 10.0 Å². The van der Waals surface area contributed by atoms with Gasteiger partial charge in [-0.1, -0.05) is 34.5 Å². The van der Waals surface area contributed by atoms with Gasteiger partial charge in [0.1, 0.15) is 10.6 Å². The first kappa shape index (κ1) is 32.1. The minimum absolute atomic E-state index is 0.152. The molecule has 3 rings (SSSR count). The maximum atomic E-state index is 12.7. The number of hydrogen-bond acceptors (Lipinski definition) is 9. The minimum atomic E-state index is -5.08. The Balaban J connectivity index is 0.000000673. The van der Waals surface area contributed by atoms with Crippen LogP contribution in [0.15, 0.2) is 0 Å². The molecule has 0 bridgehead atoms. The fraction of sp³-hybridized carbons (Fsp3) is 0.450. The predicted octanol–water partition coefficient (Wildman–Crippen LogP) is 2.73. The maximum Gasteiger partial charge on any atom is 0.490 e. The molecular weight excluding hydrogens is 598 g/mol. The molecule has 13 nitrogen and oxygen atoms in total. The van der Waals surface area contributed by atoms with E-state index in [-0.39, 0.29) is 27.3 Å². The summed E-state index contributed by atoms with van der Waals surface area (Å²) in [5, 5.41) is 20.2. The fourth-order valence-electron chi connectivity index (χ4n) is 3.35. The van der Waals surface area contributed by atoms with E-state index in [0.717, 1.165) is 11.3 Å². The molecule has 1 aliphatic rings. The van der Waals surface area contributed by atoms with Gasteiger partial charge in [0.15, 0.2) is 10.8 Å². The molecule has 3 heterocycles. The van der Waals surface area contributed by atoms with E-state index in [1.807, 2.05) is 0 Å². The van der Waals surface area contributed by atoms with Crippen molar-refractivity contribution in [2.24, 2.45) is 0 Å². The lowest BCUT2D eigenvalue weighted by Crippen LogP contribution is -2.55. The van der Waals surface area contributed by atoms with Gasteiger partial charge in [0.2, 0.25) is 0 Å². The zero-order chi connectivity index (χ0) is 29.7. The van der Waals surface area contributed by atoms with E-state index in [0.29, 0.717) is 35.4 Å². The Hall–Kier alpha value is -3.12. The Morgan fingerprint density at radius 2 is 1.77 bits per heavy atom. The Labute approximate surface area is 232 Å². The average Bonchev–Trinajstić information content (AvgIpc) is 3.42. The van der Waals surface area contributed by atoms with Crippen LogP contribution in [-0.4, -0.2) is 89.6 Å². The van der Waals surface area contributed by atoms with Crippen LogP contribution < -0.4 is 15.7 Å². The number of halogens is 5. The second-order valence-electron chi connectivity index (χ2n) is 7.76. The first-order valence-corrected chi connectivity index (χ1v) is 12.2. The van der Waals surface area contributed by atoms with E-state index < -0.39 is 36.0 Å². The molecule has 0 aromatic carbocycles. The lowest BCUT2D eigenvalue weighted by atomic mass is 10.0. The minimum Gasteiger partial charge on any atom is -0.477 e. The molecule has 0 saturated carbocycles. The van der Waals surface area contributed by atoms with Crippen LogP contribution in [0.25, 0.3) is 0 Å². The number of aromatic nitrogens is 2. The van der Waals surface area contributed by atoms with Gasteiger partial charge in [0, 0.05) is 25.9 Å². The van der Waals surface area contributed by atoms with Gasteiger partial charge in [-0.3, -0.25) is 14.4 Å². The van der Waals surface area contributed by atoms with Crippen molar-refractivity contribution in [3.05, 3.63) is 32.0 Å². The number of H-pyrrole nitrogens is 1. The van der Waals surface area contributed by atoms with Crippen molar-refractivity contribution >= 4 is 63.4 Å². The van der Waals surface area contributed by atoms with Crippen LogP contribution in [0, 0.1) is 6.92 Å². The smallest absolute Gasteiger partial charge is 0.477 e. The number of aromatic carboxylic acids is 1. The van der Waals surface area contributed by atoms with Crippen LogP contribution in [0.3, 0.4) is 0 Å². The summed E-state index contributed by atoms with van der Waals surface area (Å²) in [4.78, 5) is 58.4. The number of rotatable bonds is 7. The third kappa shape index (κ3) is 7.95. The van der Waals surface area contributed by atoms with Gasteiger partial charge in [-0.15, -0.1) is 0 Å². The van der Waals surface area contributed by atoms with Crippen LogP contribution >= 0.6 is 34.5 Å². The molecule has 5 N–H and O–H groups in total. The number of amides is 2. The number of hydrogen-bond donors (Lipinski definition) is 5. The first-order chi connectivity index (χ1) is 18.1. The molecule has 1 saturated heterocycles. The number of carboxylic acids is 2. The van der Waals surface area contributed by atoms with Gasteiger partial charge < -0.3 is 30.2 Å². The number of carbonyl (C=O) groups is 4. The van der Waals surface area contributed by atoms with E-state index in [1.54, 1.807) is 11.8 Å². The van der Waals surface area contributed by atoms with Crippen molar-refractivity contribution in [3.8, 4) is 0 Å². The summed E-state index contributed by atoms with van der Waals surface area (Å²) in [5.74, 6) is -5.19. The number of aliphatic carboxylic acids is 1. The number of nitrogens with zero attached hydrogens (tertiary/aromatic N) is 2. The largest absolute Gasteiger partial charge is 0.490 e. The van der Waals surface area contributed by atoms with Crippen molar-refractivity contribution in [2.75, 3.05) is 32.2 Å². The molecule has 0 spiro atoms. The summed E-state index contributed by atoms with van der Waals surface area (Å²) >= 11 is 13.1. The lowest BCUT2D eigenvalue weighted by molar-refractivity contribution is -0.192. The second kappa shape index (κ2) is 13.3. The molecule has 1 aliphatic heterocycles. The fourth-order valence-corrected chi connectivity index (χ4v) is 4.70. The normalized spacial score (nSPS) is 17.2. The van der Waals surface area contributed by atoms with Gasteiger partial charge in [0.25, 0.3) is 11.8 Å². The van der Waals surface area contributed by atoms with Gasteiger partial charge >= 0.3 is 18.1 Å². The molecule has 39 heavy (non-hydrogen) atoms. The Bertz CT molecular complexity index is 1240. The highest BCUT2D eigenvalue weighted by Crippen LogP contribution is 2.31. The molecule has 0 aliphatic carbocycles. The first-order valence-electron chi connectivity index (χ1n) is 10.6. The van der Waals surface area contributed by atoms with Crippen molar-refractivity contribution < 1.29 is 52.1 Å². The summed E-state index contributed by atoms with van der Waals surface area (Å²) in [6.07, 6.45) is -5.02. The summed E-state index contributed by atoms with van der Waals surface area (Å²) < 4.78 is 37.3. The summed E-state index contributed by atoms with van der Waals surface area (Å²) in [6.45, 7) is 2.47. The third-order valence-corrected chi connectivity index (χ3v) is 7.24. The topological polar surface area (TPSA) is 183 Å². The van der Waals surface area contributed by atoms with E-state index in [4.69, 9.17) is 37.8 Å². The zero-order valence-corrected chi connectivity index (χ0v) is 22.6. The average molecular weight is 620 g/mol. The van der Waals surface area contributed by atoms with Gasteiger partial charge in [-0.25, -0.2) is 20.1 Å². The zero-order valence-electron chi connectivity index (χ0n) is 20.3. The van der Waals surface area contributed by atoms with Crippen molar-refractivity contribution in [1.82, 2.24) is 20.8 Å². The summed E-state index contributed by atoms with van der Waals surface area (Å²) in [5.41, 5.74) is 2.60. The molecule has 19 heteroatoms. The highest BCUT2D eigenvalue weighted by Gasteiger charge is 2.38. The molecule has 216 valence electrons. The predicted molar refractivity (Wildman–Crippen MR) is 132 cm³/mol. The Kier molecular flexibility index (Phi) is 10.9. The van der Waals surface area contributed by atoms with Crippen LogP contribution in [-0.2, 0) is 14.4 Å². The number of piperidine rings is 1. The Morgan fingerprint density at radius 1 is 1.15 bits per heavy atom. The number of carbonyl (C=O) groups excluding carboxylic acids is 2. The standard InChI is InChI=1S/C18H21Cl2N5O6S.C2HF3O2/c1-7-10(19)11(20)12(21-7)15(26)22-8-4-5-25(6-9(8)30-2)18-23-13(16(27)24-31-3)14(32-18)17(28)29;3-2(4,5)1(6)7/h8-9,21H,4-6H2,1-3H3,(H,22,26)(H,24,27)(H,28,29);(H,6,7). The maximum absolute atomic E-state index is 12.7. The highest BCUT2D eigenvalue weighted by atomic mass is 35.5. The van der Waals surface area contributed by atoms with E-state index in [9.17, 15) is 32.7 Å². The molecule has 2 atom stereocenters. The Morgan fingerprint density at radius 3 is 2.23 bits per heavy atom. The highest BCUT2D eigenvalue weighted by molar-refractivity contribution is 7.17. The number of aromatic amines is 1. The van der Waals surface area contributed by atoms with Crippen LogP contribution in [0.4, 0.5) is 18.3 Å². The number of nitrogens with one attached hydrogen (secondary N) is 3.